The Morgan fingerprint density at radius 1 is 0.739 bits per heavy atom. The van der Waals surface area contributed by atoms with Crippen LogP contribution in [-0.2, 0) is 0 Å². The normalized spacial score (nSPS) is 11.9. The van der Waals surface area contributed by atoms with Crippen LogP contribution in [0.25, 0.3) is 22.3 Å². The van der Waals surface area contributed by atoms with E-state index in [1.807, 2.05) is 12.1 Å². The van der Waals surface area contributed by atoms with Crippen molar-refractivity contribution in [2.75, 3.05) is 13.2 Å². The van der Waals surface area contributed by atoms with Gasteiger partial charge in [-0.15, -0.1) is 0 Å². The van der Waals surface area contributed by atoms with Crippen molar-refractivity contribution in [3.05, 3.63) is 84.3 Å². The van der Waals surface area contributed by atoms with Gasteiger partial charge in [0.25, 0.3) is 0 Å². The van der Waals surface area contributed by atoms with Crippen LogP contribution in [0.2, 0.25) is 0 Å². The van der Waals surface area contributed by atoms with Gasteiger partial charge in [0, 0.05) is 6.42 Å². The Balaban J connectivity index is 1.71. The number of benzene rings is 3. The van der Waals surface area contributed by atoms with E-state index in [-0.39, 0.29) is 6.61 Å². The molecule has 0 unspecified atom stereocenters. The van der Waals surface area contributed by atoms with E-state index in [0.29, 0.717) is 6.61 Å². The fourth-order valence-corrected chi connectivity index (χ4v) is 3.13. The van der Waals surface area contributed by atoms with Crippen LogP contribution in [-0.4, -0.2) is 18.3 Å². The second-order valence-electron chi connectivity index (χ2n) is 5.59. The molecule has 0 aliphatic heterocycles. The fourth-order valence-electron chi connectivity index (χ4n) is 3.13. The molecular formula is C21H17O2. The van der Waals surface area contributed by atoms with Crippen molar-refractivity contribution in [3.63, 3.8) is 0 Å². The van der Waals surface area contributed by atoms with Gasteiger partial charge >= 0.3 is 0 Å². The third-order valence-corrected chi connectivity index (χ3v) is 4.18. The molecule has 23 heavy (non-hydrogen) atoms. The lowest BCUT2D eigenvalue weighted by Crippen LogP contribution is -2.01. The van der Waals surface area contributed by atoms with E-state index >= 15 is 0 Å². The molecule has 0 spiro atoms. The summed E-state index contributed by atoms with van der Waals surface area (Å²) in [5.41, 5.74) is 7.54. The molecule has 1 aliphatic carbocycles. The van der Waals surface area contributed by atoms with Crippen LogP contribution in [0.4, 0.5) is 0 Å². The molecule has 0 atom stereocenters. The molecule has 2 heteroatoms. The Kier molecular flexibility index (Phi) is 3.60. The van der Waals surface area contributed by atoms with Crippen LogP contribution in [0.3, 0.4) is 0 Å². The number of hydrogen-bond acceptors (Lipinski definition) is 2. The van der Waals surface area contributed by atoms with Crippen molar-refractivity contribution in [2.24, 2.45) is 0 Å². The first-order chi connectivity index (χ1) is 11.4. The summed E-state index contributed by atoms with van der Waals surface area (Å²) in [6.45, 7) is 0.352. The van der Waals surface area contributed by atoms with Crippen molar-refractivity contribution >= 4 is 0 Å². The van der Waals surface area contributed by atoms with Crippen LogP contribution in [0.15, 0.2) is 66.7 Å². The Hall–Kier alpha value is -2.58. The van der Waals surface area contributed by atoms with Crippen molar-refractivity contribution in [1.82, 2.24) is 0 Å². The number of hydrogen-bond donors (Lipinski definition) is 1. The van der Waals surface area contributed by atoms with Gasteiger partial charge in [0.2, 0.25) is 0 Å². The topological polar surface area (TPSA) is 29.5 Å². The molecule has 1 aliphatic rings. The van der Waals surface area contributed by atoms with E-state index in [1.165, 1.54) is 33.4 Å². The summed E-state index contributed by atoms with van der Waals surface area (Å²) in [7, 11) is 0. The summed E-state index contributed by atoms with van der Waals surface area (Å²) in [5, 5.41) is 8.82. The number of aliphatic hydroxyl groups is 1. The molecule has 0 fully saturated rings. The van der Waals surface area contributed by atoms with Gasteiger partial charge in [-0.25, -0.2) is 0 Å². The molecule has 4 rings (SSSR count). The molecule has 113 valence electrons. The highest BCUT2D eigenvalue weighted by Crippen LogP contribution is 2.42. The highest BCUT2D eigenvalue weighted by molar-refractivity contribution is 5.88. The Morgan fingerprint density at radius 3 is 2.30 bits per heavy atom. The van der Waals surface area contributed by atoms with Gasteiger partial charge in [-0.2, -0.15) is 0 Å². The molecule has 1 N–H and O–H groups in total. The lowest BCUT2D eigenvalue weighted by atomic mass is 9.96. The highest BCUT2D eigenvalue weighted by Gasteiger charge is 2.21. The van der Waals surface area contributed by atoms with E-state index < -0.39 is 0 Å². The first kappa shape index (κ1) is 14.0. The lowest BCUT2D eigenvalue weighted by Gasteiger charge is -2.10. The Bertz CT molecular complexity index is 835. The first-order valence-electron chi connectivity index (χ1n) is 7.78. The smallest absolute Gasteiger partial charge is 0.119 e. The standard InChI is InChI=1S/C21H17O2/c22-12-13-23-17-10-8-15(9-11-17)18-6-3-7-20-19-5-2-1-4-16(19)14-21(18)20/h1-11,14,22H,12-13H2. The van der Waals surface area contributed by atoms with Crippen LogP contribution >= 0.6 is 0 Å². The maximum absolute atomic E-state index is 8.82. The van der Waals surface area contributed by atoms with E-state index in [1.54, 1.807) is 0 Å². The maximum Gasteiger partial charge on any atom is 0.119 e. The number of fused-ring (bicyclic) bond motifs is 3. The minimum absolute atomic E-state index is 0.0289. The second kappa shape index (κ2) is 5.90. The average molecular weight is 301 g/mol. The van der Waals surface area contributed by atoms with Gasteiger partial charge < -0.3 is 9.84 Å². The number of aliphatic hydroxyl groups excluding tert-OH is 1. The predicted molar refractivity (Wildman–Crippen MR) is 92.4 cm³/mol. The van der Waals surface area contributed by atoms with E-state index in [2.05, 4.69) is 61.0 Å². The zero-order valence-corrected chi connectivity index (χ0v) is 12.7. The second-order valence-corrected chi connectivity index (χ2v) is 5.59. The zero-order valence-electron chi connectivity index (χ0n) is 12.7. The molecule has 1 radical (unpaired) electrons. The van der Waals surface area contributed by atoms with Gasteiger partial charge in [0.1, 0.15) is 12.4 Å². The number of ether oxygens (including phenoxy) is 1. The molecule has 0 saturated heterocycles. The summed E-state index contributed by atoms with van der Waals surface area (Å²) in [4.78, 5) is 0. The monoisotopic (exact) mass is 301 g/mol. The highest BCUT2D eigenvalue weighted by atomic mass is 16.5. The molecule has 2 nitrogen and oxygen atoms in total. The van der Waals surface area contributed by atoms with Crippen LogP contribution in [0.5, 0.6) is 5.75 Å². The Morgan fingerprint density at radius 2 is 1.48 bits per heavy atom. The van der Waals surface area contributed by atoms with E-state index in [9.17, 15) is 0 Å². The zero-order chi connectivity index (χ0) is 15.6. The van der Waals surface area contributed by atoms with Crippen LogP contribution in [0, 0.1) is 6.42 Å². The third kappa shape index (κ3) is 2.51. The minimum atomic E-state index is 0.0289. The van der Waals surface area contributed by atoms with Gasteiger partial charge in [0.15, 0.2) is 0 Å². The lowest BCUT2D eigenvalue weighted by molar-refractivity contribution is 0.201. The summed E-state index contributed by atoms with van der Waals surface area (Å²) >= 11 is 0. The average Bonchev–Trinajstić information content (AvgIpc) is 2.99. The third-order valence-electron chi connectivity index (χ3n) is 4.18. The van der Waals surface area contributed by atoms with Crippen molar-refractivity contribution in [1.29, 1.82) is 0 Å². The Labute approximate surface area is 136 Å². The molecule has 3 aromatic carbocycles. The van der Waals surface area contributed by atoms with Crippen molar-refractivity contribution in [2.45, 2.75) is 0 Å². The molecule has 3 aromatic rings. The summed E-state index contributed by atoms with van der Waals surface area (Å²) in [6.07, 6.45) is 2.26. The molecule has 0 aromatic heterocycles. The minimum Gasteiger partial charge on any atom is -0.491 e. The van der Waals surface area contributed by atoms with Gasteiger partial charge in [-0.3, -0.25) is 0 Å². The van der Waals surface area contributed by atoms with Gasteiger partial charge in [-0.1, -0.05) is 54.6 Å². The van der Waals surface area contributed by atoms with Crippen molar-refractivity contribution < 1.29 is 9.84 Å². The van der Waals surface area contributed by atoms with E-state index in [0.717, 1.165) is 5.75 Å². The van der Waals surface area contributed by atoms with E-state index in [4.69, 9.17) is 9.84 Å². The largest absolute Gasteiger partial charge is 0.491 e. The fraction of sp³-hybridized carbons (Fsp3) is 0.0952. The van der Waals surface area contributed by atoms with Crippen molar-refractivity contribution in [3.8, 4) is 28.0 Å². The molecule has 0 saturated carbocycles. The quantitative estimate of drug-likeness (QED) is 0.609. The van der Waals surface area contributed by atoms with Crippen LogP contribution in [0.1, 0.15) is 11.1 Å². The first-order valence-corrected chi connectivity index (χ1v) is 7.78. The molecular weight excluding hydrogens is 284 g/mol. The van der Waals surface area contributed by atoms with Crippen LogP contribution < -0.4 is 4.74 Å². The summed E-state index contributed by atoms with van der Waals surface area (Å²) < 4.78 is 5.43. The summed E-state index contributed by atoms with van der Waals surface area (Å²) in [6, 6.07) is 23.0. The predicted octanol–water partition coefficient (Wildman–Crippen LogP) is 4.31. The van der Waals surface area contributed by atoms with Gasteiger partial charge in [0.05, 0.1) is 6.61 Å². The maximum atomic E-state index is 8.82. The molecule has 0 amide bonds. The number of rotatable bonds is 4. The molecule has 0 bridgehead atoms. The van der Waals surface area contributed by atoms with Gasteiger partial charge in [-0.05, 0) is 45.5 Å². The summed E-state index contributed by atoms with van der Waals surface area (Å²) in [5.74, 6) is 0.780. The molecule has 0 heterocycles. The SMILES string of the molecule is OCCOc1ccc(-c2cccc3c2[CH]c2ccccc2-3)cc1.